The highest BCUT2D eigenvalue weighted by atomic mass is 32.2. The largest absolute Gasteiger partial charge is 0.278 e. The number of thioether (sulfide) groups is 1. The Kier molecular flexibility index (Phi) is 4.22. The average molecular weight is 394 g/mol. The Morgan fingerprint density at radius 1 is 0.862 bits per heavy atom. The van der Waals surface area contributed by atoms with Gasteiger partial charge in [-0.15, -0.1) is 0 Å². The summed E-state index contributed by atoms with van der Waals surface area (Å²) >= 11 is 1.22. The minimum absolute atomic E-state index is 0.150. The summed E-state index contributed by atoms with van der Waals surface area (Å²) in [5.41, 5.74) is 2.82. The lowest BCUT2D eigenvalue weighted by atomic mass is 9.96. The van der Waals surface area contributed by atoms with Crippen molar-refractivity contribution in [3.05, 3.63) is 94.9 Å². The van der Waals surface area contributed by atoms with E-state index in [4.69, 9.17) is 5.41 Å². The number of fused-ring (bicyclic) bond motifs is 2. The zero-order chi connectivity index (χ0) is 20.0. The van der Waals surface area contributed by atoms with Gasteiger partial charge in [0.05, 0.1) is 10.6 Å². The summed E-state index contributed by atoms with van der Waals surface area (Å²) in [4.78, 5) is 15.3. The molecule has 0 atom stereocenters. The smallest absolute Gasteiger partial charge is 0.271 e. The topological polar surface area (TPSA) is 44.2 Å². The fraction of sp³-hybridized carbons (Fsp3) is 0.0400. The first-order valence-electron chi connectivity index (χ1n) is 9.41. The van der Waals surface area contributed by atoms with Crippen LogP contribution in [0.15, 0.2) is 83.8 Å². The fourth-order valence-corrected chi connectivity index (χ4v) is 4.67. The second kappa shape index (κ2) is 6.90. The van der Waals surface area contributed by atoms with Gasteiger partial charge in [0.2, 0.25) is 0 Å². The third kappa shape index (κ3) is 3.02. The lowest BCUT2D eigenvalue weighted by molar-refractivity contribution is -0.113. The van der Waals surface area contributed by atoms with Gasteiger partial charge in [-0.05, 0) is 75.6 Å². The van der Waals surface area contributed by atoms with Gasteiger partial charge < -0.3 is 0 Å². The van der Waals surface area contributed by atoms with E-state index in [1.165, 1.54) is 16.7 Å². The van der Waals surface area contributed by atoms with Crippen molar-refractivity contribution in [2.45, 2.75) is 6.92 Å². The number of benzene rings is 4. The Bertz CT molecular complexity index is 1290. The summed E-state index contributed by atoms with van der Waals surface area (Å²) in [7, 11) is 0. The minimum atomic E-state index is -0.150. The van der Waals surface area contributed by atoms with Crippen LogP contribution in [-0.4, -0.2) is 11.1 Å². The summed E-state index contributed by atoms with van der Waals surface area (Å²) in [6.07, 6.45) is 1.95. The number of anilines is 1. The number of nitrogens with zero attached hydrogens (tertiary/aromatic N) is 1. The first kappa shape index (κ1) is 17.7. The number of nitrogens with one attached hydrogen (secondary N) is 1. The second-order valence-corrected chi connectivity index (χ2v) is 8.16. The molecule has 0 radical (unpaired) electrons. The van der Waals surface area contributed by atoms with E-state index in [2.05, 4.69) is 30.3 Å². The lowest BCUT2D eigenvalue weighted by Crippen LogP contribution is -2.28. The molecule has 1 saturated heterocycles. The van der Waals surface area contributed by atoms with Crippen molar-refractivity contribution in [3.63, 3.8) is 0 Å². The van der Waals surface area contributed by atoms with Crippen molar-refractivity contribution in [1.29, 1.82) is 5.41 Å². The van der Waals surface area contributed by atoms with Gasteiger partial charge in [-0.2, -0.15) is 0 Å². The molecule has 29 heavy (non-hydrogen) atoms. The number of aryl methyl sites for hydroxylation is 1. The Hall–Kier alpha value is -3.37. The van der Waals surface area contributed by atoms with E-state index in [0.717, 1.165) is 38.4 Å². The molecule has 140 valence electrons. The van der Waals surface area contributed by atoms with Crippen LogP contribution in [-0.2, 0) is 4.79 Å². The maximum atomic E-state index is 13.2. The first-order chi connectivity index (χ1) is 14.1. The molecule has 0 bridgehead atoms. The molecule has 1 fully saturated rings. The van der Waals surface area contributed by atoms with Crippen LogP contribution in [0.3, 0.4) is 0 Å². The van der Waals surface area contributed by atoms with E-state index < -0.39 is 0 Å². The second-order valence-electron chi connectivity index (χ2n) is 7.13. The van der Waals surface area contributed by atoms with Crippen molar-refractivity contribution in [3.8, 4) is 0 Å². The summed E-state index contributed by atoms with van der Waals surface area (Å²) in [6, 6.07) is 26.3. The van der Waals surface area contributed by atoms with Crippen LogP contribution in [0.1, 0.15) is 11.1 Å². The van der Waals surface area contributed by atoms with Gasteiger partial charge in [-0.1, -0.05) is 60.7 Å². The summed E-state index contributed by atoms with van der Waals surface area (Å²) in [6.45, 7) is 1.99. The maximum Gasteiger partial charge on any atom is 0.271 e. The van der Waals surface area contributed by atoms with Gasteiger partial charge in [-0.25, -0.2) is 0 Å². The SMILES string of the molecule is Cc1cccc(N2C(=N)S/C(=C\c3c4ccccc4cc4ccccc34)C2=O)c1. The van der Waals surface area contributed by atoms with Crippen LogP contribution in [0.25, 0.3) is 27.6 Å². The monoisotopic (exact) mass is 394 g/mol. The van der Waals surface area contributed by atoms with Crippen LogP contribution in [0.5, 0.6) is 0 Å². The average Bonchev–Trinajstić information content (AvgIpc) is 3.01. The van der Waals surface area contributed by atoms with Crippen molar-refractivity contribution in [2.75, 3.05) is 4.90 Å². The molecule has 1 amide bonds. The highest BCUT2D eigenvalue weighted by Gasteiger charge is 2.33. The van der Waals surface area contributed by atoms with Gasteiger partial charge >= 0.3 is 0 Å². The van der Waals surface area contributed by atoms with Gasteiger partial charge in [0.1, 0.15) is 0 Å². The quantitative estimate of drug-likeness (QED) is 0.318. The molecule has 0 spiro atoms. The van der Waals surface area contributed by atoms with E-state index in [-0.39, 0.29) is 11.1 Å². The van der Waals surface area contributed by atoms with E-state index in [1.807, 2.05) is 61.5 Å². The van der Waals surface area contributed by atoms with Gasteiger partial charge in [-0.3, -0.25) is 15.1 Å². The van der Waals surface area contributed by atoms with Crippen LogP contribution in [0.2, 0.25) is 0 Å². The molecular formula is C25H18N2OS. The molecule has 4 aromatic rings. The molecule has 1 aliphatic rings. The molecule has 0 saturated carbocycles. The number of carbonyl (C=O) groups is 1. The van der Waals surface area contributed by atoms with Crippen molar-refractivity contribution in [2.24, 2.45) is 0 Å². The zero-order valence-corrected chi connectivity index (χ0v) is 16.7. The van der Waals surface area contributed by atoms with Crippen LogP contribution in [0, 0.1) is 12.3 Å². The summed E-state index contributed by atoms with van der Waals surface area (Å²) in [5, 5.41) is 13.1. The molecular weight excluding hydrogens is 376 g/mol. The third-order valence-corrected chi connectivity index (χ3v) is 6.06. The molecule has 1 N–H and O–H groups in total. The lowest BCUT2D eigenvalue weighted by Gasteiger charge is -2.14. The number of carbonyl (C=O) groups excluding carboxylic acids is 1. The Labute approximate surface area is 173 Å². The Morgan fingerprint density at radius 3 is 2.17 bits per heavy atom. The Balaban J connectivity index is 1.68. The molecule has 3 nitrogen and oxygen atoms in total. The van der Waals surface area contributed by atoms with E-state index in [0.29, 0.717) is 4.91 Å². The predicted octanol–water partition coefficient (Wildman–Crippen LogP) is 6.36. The van der Waals surface area contributed by atoms with E-state index >= 15 is 0 Å². The molecule has 1 aliphatic heterocycles. The third-order valence-electron chi connectivity index (χ3n) is 5.17. The van der Waals surface area contributed by atoms with Gasteiger partial charge in [0, 0.05) is 0 Å². The summed E-state index contributed by atoms with van der Waals surface area (Å²) < 4.78 is 0. The maximum absolute atomic E-state index is 13.2. The Morgan fingerprint density at radius 2 is 1.52 bits per heavy atom. The molecule has 0 aliphatic carbocycles. The van der Waals surface area contributed by atoms with Gasteiger partial charge in [0.25, 0.3) is 5.91 Å². The summed E-state index contributed by atoms with van der Waals surface area (Å²) in [5.74, 6) is -0.150. The number of rotatable bonds is 2. The highest BCUT2D eigenvalue weighted by molar-refractivity contribution is 8.19. The molecule has 4 heteroatoms. The van der Waals surface area contributed by atoms with Crippen molar-refractivity contribution < 1.29 is 4.79 Å². The predicted molar refractivity (Wildman–Crippen MR) is 123 cm³/mol. The van der Waals surface area contributed by atoms with E-state index in [9.17, 15) is 4.79 Å². The first-order valence-corrected chi connectivity index (χ1v) is 10.2. The number of amides is 1. The number of hydrogen-bond acceptors (Lipinski definition) is 3. The van der Waals surface area contributed by atoms with Gasteiger partial charge in [0.15, 0.2) is 5.17 Å². The fourth-order valence-electron chi connectivity index (χ4n) is 3.82. The van der Waals surface area contributed by atoms with E-state index in [1.54, 1.807) is 0 Å². The van der Waals surface area contributed by atoms with Crippen LogP contribution in [0.4, 0.5) is 5.69 Å². The minimum Gasteiger partial charge on any atom is -0.278 e. The number of amidine groups is 1. The van der Waals surface area contributed by atoms with Crippen LogP contribution < -0.4 is 4.90 Å². The highest BCUT2D eigenvalue weighted by Crippen LogP contribution is 2.38. The molecule has 4 aromatic carbocycles. The number of hydrogen-bond donors (Lipinski definition) is 1. The van der Waals surface area contributed by atoms with Crippen LogP contribution >= 0.6 is 11.8 Å². The molecule has 5 rings (SSSR count). The molecule has 0 aromatic heterocycles. The standard InChI is InChI=1S/C25H18N2OS/c1-16-7-6-10-19(13-16)27-24(28)23(29-25(27)26)15-22-20-11-4-2-8-17(20)14-18-9-3-5-12-21(18)22/h2-15,26H,1H3/b23-15-,26-25?. The van der Waals surface area contributed by atoms with Crippen molar-refractivity contribution in [1.82, 2.24) is 0 Å². The molecule has 0 unspecified atom stereocenters. The molecule has 1 heterocycles. The normalized spacial score (nSPS) is 15.8. The zero-order valence-electron chi connectivity index (χ0n) is 15.8. The van der Waals surface area contributed by atoms with Crippen molar-refractivity contribution >= 4 is 56.1 Å².